The zero-order valence-electron chi connectivity index (χ0n) is 15.7. The van der Waals surface area contributed by atoms with Gasteiger partial charge in [0.05, 0.1) is 0 Å². The molecule has 25 heavy (non-hydrogen) atoms. The Bertz CT molecular complexity index is 559. The van der Waals surface area contributed by atoms with Crippen molar-refractivity contribution in [2.24, 2.45) is 5.92 Å². The highest BCUT2D eigenvalue weighted by atomic mass is 16.2. The van der Waals surface area contributed by atoms with Crippen molar-refractivity contribution < 1.29 is 9.59 Å². The number of aryl methyl sites for hydroxylation is 1. The van der Waals surface area contributed by atoms with Crippen LogP contribution in [-0.2, 0) is 16.0 Å². The van der Waals surface area contributed by atoms with Crippen LogP contribution >= 0.6 is 0 Å². The lowest BCUT2D eigenvalue weighted by Crippen LogP contribution is -2.54. The third-order valence-electron chi connectivity index (χ3n) is 5.05. The van der Waals surface area contributed by atoms with E-state index in [1.165, 1.54) is 5.56 Å². The first-order valence-electron chi connectivity index (χ1n) is 9.20. The number of carbonyl (C=O) groups excluding carboxylic acids is 2. The van der Waals surface area contributed by atoms with Crippen molar-refractivity contribution in [2.75, 3.05) is 33.7 Å². The van der Waals surface area contributed by atoms with Crippen LogP contribution in [0.2, 0.25) is 0 Å². The molecule has 2 atom stereocenters. The molecule has 0 spiro atoms. The van der Waals surface area contributed by atoms with Crippen LogP contribution in [0.3, 0.4) is 0 Å². The predicted octanol–water partition coefficient (Wildman–Crippen LogP) is 1.92. The summed E-state index contributed by atoms with van der Waals surface area (Å²) in [6.07, 6.45) is 3.38. The molecule has 0 unspecified atom stereocenters. The van der Waals surface area contributed by atoms with Crippen LogP contribution in [0.15, 0.2) is 30.3 Å². The van der Waals surface area contributed by atoms with Crippen molar-refractivity contribution in [2.45, 2.75) is 38.6 Å². The molecule has 5 nitrogen and oxygen atoms in total. The fourth-order valence-corrected chi connectivity index (χ4v) is 3.55. The summed E-state index contributed by atoms with van der Waals surface area (Å²) in [4.78, 5) is 27.9. The van der Waals surface area contributed by atoms with Gasteiger partial charge >= 0.3 is 0 Å². The van der Waals surface area contributed by atoms with Gasteiger partial charge in [0.25, 0.3) is 0 Å². The number of hydrogen-bond acceptors (Lipinski definition) is 3. The summed E-state index contributed by atoms with van der Waals surface area (Å²) in [5.74, 6) is 0.657. The summed E-state index contributed by atoms with van der Waals surface area (Å²) in [5.41, 5.74) is 1.29. The number of amides is 2. The minimum Gasteiger partial charge on any atom is -0.356 e. The fourth-order valence-electron chi connectivity index (χ4n) is 3.55. The Hall–Kier alpha value is -1.88. The molecule has 1 N–H and O–H groups in total. The van der Waals surface area contributed by atoms with E-state index in [9.17, 15) is 9.59 Å². The van der Waals surface area contributed by atoms with Gasteiger partial charge in [-0.15, -0.1) is 0 Å². The first kappa shape index (κ1) is 19.4. The fraction of sp³-hybridized carbons (Fsp3) is 0.600. The normalized spacial score (nSPS) is 20.6. The SMILES string of the molecule is CC(=O)NC[C@H]1CCN(C(=O)CCCc2ccccc2)C[C@H]1N(C)C. The highest BCUT2D eigenvalue weighted by Crippen LogP contribution is 2.21. The maximum atomic E-state index is 12.6. The maximum Gasteiger partial charge on any atom is 0.222 e. The van der Waals surface area contributed by atoms with Crippen molar-refractivity contribution in [1.29, 1.82) is 0 Å². The number of likely N-dealkylation sites (N-methyl/N-ethyl adjacent to an activating group) is 1. The number of rotatable bonds is 7. The first-order valence-corrected chi connectivity index (χ1v) is 9.20. The van der Waals surface area contributed by atoms with Crippen LogP contribution < -0.4 is 5.32 Å². The lowest BCUT2D eigenvalue weighted by molar-refractivity contribution is -0.134. The molecule has 0 saturated carbocycles. The van der Waals surface area contributed by atoms with Gasteiger partial charge in [-0.05, 0) is 44.8 Å². The van der Waals surface area contributed by atoms with Crippen LogP contribution in [0.1, 0.15) is 31.7 Å². The van der Waals surface area contributed by atoms with E-state index in [2.05, 4.69) is 36.4 Å². The lowest BCUT2D eigenvalue weighted by atomic mass is 9.90. The molecule has 1 saturated heterocycles. The number of nitrogens with zero attached hydrogens (tertiary/aromatic N) is 2. The summed E-state index contributed by atoms with van der Waals surface area (Å²) in [7, 11) is 4.10. The molecule has 2 amide bonds. The Labute approximate surface area is 151 Å². The summed E-state index contributed by atoms with van der Waals surface area (Å²) in [6.45, 7) is 3.78. The van der Waals surface area contributed by atoms with E-state index in [-0.39, 0.29) is 11.8 Å². The summed E-state index contributed by atoms with van der Waals surface area (Å²) < 4.78 is 0. The molecule has 1 fully saturated rings. The molecule has 0 bridgehead atoms. The van der Waals surface area contributed by atoms with Crippen molar-refractivity contribution in [3.8, 4) is 0 Å². The predicted molar refractivity (Wildman–Crippen MR) is 100 cm³/mol. The third-order valence-corrected chi connectivity index (χ3v) is 5.05. The number of benzene rings is 1. The Kier molecular flexibility index (Phi) is 7.44. The van der Waals surface area contributed by atoms with Gasteiger partial charge < -0.3 is 15.1 Å². The number of nitrogens with one attached hydrogen (secondary N) is 1. The van der Waals surface area contributed by atoms with Gasteiger partial charge in [-0.1, -0.05) is 30.3 Å². The van der Waals surface area contributed by atoms with Crippen molar-refractivity contribution >= 4 is 11.8 Å². The van der Waals surface area contributed by atoms with E-state index in [4.69, 9.17) is 0 Å². The summed E-state index contributed by atoms with van der Waals surface area (Å²) in [5, 5.41) is 2.93. The Morgan fingerprint density at radius 3 is 2.60 bits per heavy atom. The zero-order chi connectivity index (χ0) is 18.2. The second kappa shape index (κ2) is 9.56. The molecule has 1 aromatic carbocycles. The Morgan fingerprint density at radius 2 is 1.96 bits per heavy atom. The zero-order valence-corrected chi connectivity index (χ0v) is 15.7. The molecular weight excluding hydrogens is 314 g/mol. The molecule has 138 valence electrons. The smallest absolute Gasteiger partial charge is 0.222 e. The van der Waals surface area contributed by atoms with Gasteiger partial charge in [-0.3, -0.25) is 9.59 Å². The first-order chi connectivity index (χ1) is 12.0. The van der Waals surface area contributed by atoms with Crippen molar-refractivity contribution in [3.05, 3.63) is 35.9 Å². The monoisotopic (exact) mass is 345 g/mol. The quantitative estimate of drug-likeness (QED) is 0.821. The van der Waals surface area contributed by atoms with E-state index in [0.29, 0.717) is 24.9 Å². The molecule has 0 aromatic heterocycles. The van der Waals surface area contributed by atoms with E-state index < -0.39 is 0 Å². The van der Waals surface area contributed by atoms with Gasteiger partial charge in [-0.25, -0.2) is 0 Å². The molecule has 1 heterocycles. The van der Waals surface area contributed by atoms with Gasteiger partial charge in [0.15, 0.2) is 0 Å². The number of piperidine rings is 1. The Balaban J connectivity index is 1.81. The molecule has 0 aliphatic carbocycles. The Morgan fingerprint density at radius 1 is 1.24 bits per heavy atom. The van der Waals surface area contributed by atoms with E-state index >= 15 is 0 Å². The second-order valence-electron chi connectivity index (χ2n) is 7.20. The van der Waals surface area contributed by atoms with Gasteiger partial charge in [-0.2, -0.15) is 0 Å². The molecule has 1 aromatic rings. The lowest BCUT2D eigenvalue weighted by Gasteiger charge is -2.42. The highest BCUT2D eigenvalue weighted by molar-refractivity contribution is 5.76. The molecule has 5 heteroatoms. The van der Waals surface area contributed by atoms with Crippen LogP contribution in [0.4, 0.5) is 0 Å². The topological polar surface area (TPSA) is 52.7 Å². The standard InChI is InChI=1S/C20H31N3O2/c1-16(24)21-14-18-12-13-23(15-19(18)22(2)3)20(25)11-7-10-17-8-5-4-6-9-17/h4-6,8-9,18-19H,7,10-15H2,1-3H3,(H,21,24)/t18-,19-/m1/s1. The largest absolute Gasteiger partial charge is 0.356 e. The third kappa shape index (κ3) is 6.16. The van der Waals surface area contributed by atoms with E-state index in [0.717, 1.165) is 32.4 Å². The average molecular weight is 345 g/mol. The minimum absolute atomic E-state index is 0.0110. The molecule has 2 rings (SSSR count). The number of carbonyl (C=O) groups is 2. The van der Waals surface area contributed by atoms with Crippen LogP contribution in [0.25, 0.3) is 0 Å². The summed E-state index contributed by atoms with van der Waals surface area (Å²) in [6, 6.07) is 10.6. The molecule has 0 radical (unpaired) electrons. The molecular formula is C20H31N3O2. The van der Waals surface area contributed by atoms with Gasteiger partial charge in [0.2, 0.25) is 11.8 Å². The van der Waals surface area contributed by atoms with Crippen LogP contribution in [0.5, 0.6) is 0 Å². The van der Waals surface area contributed by atoms with E-state index in [1.807, 2.05) is 23.1 Å². The van der Waals surface area contributed by atoms with Gasteiger partial charge in [0.1, 0.15) is 0 Å². The minimum atomic E-state index is 0.0110. The molecule has 1 aliphatic rings. The number of likely N-dealkylation sites (tertiary alicyclic amines) is 1. The number of hydrogen-bond donors (Lipinski definition) is 1. The highest BCUT2D eigenvalue weighted by Gasteiger charge is 2.32. The second-order valence-corrected chi connectivity index (χ2v) is 7.20. The van der Waals surface area contributed by atoms with Gasteiger partial charge in [0, 0.05) is 39.0 Å². The average Bonchev–Trinajstić information content (AvgIpc) is 2.60. The van der Waals surface area contributed by atoms with Crippen molar-refractivity contribution in [1.82, 2.24) is 15.1 Å². The maximum absolute atomic E-state index is 12.6. The summed E-state index contributed by atoms with van der Waals surface area (Å²) >= 11 is 0. The molecule has 1 aliphatic heterocycles. The van der Waals surface area contributed by atoms with E-state index in [1.54, 1.807) is 6.92 Å². The van der Waals surface area contributed by atoms with Crippen LogP contribution in [0, 0.1) is 5.92 Å². The van der Waals surface area contributed by atoms with Crippen LogP contribution in [-0.4, -0.2) is 61.4 Å². The van der Waals surface area contributed by atoms with Crippen molar-refractivity contribution in [3.63, 3.8) is 0 Å².